The number of ketones is 1. The molecule has 1 aromatic carbocycles. The number of Topliss-reactive ketones (excluding diaryl/α,β-unsaturated/α-hetero) is 1. The Balaban J connectivity index is 2.52. The molecule has 0 aliphatic heterocycles. The highest BCUT2D eigenvalue weighted by Crippen LogP contribution is 2.39. The minimum Gasteiger partial charge on any atom is -0.460 e. The zero-order valence-corrected chi connectivity index (χ0v) is 16.7. The summed E-state index contributed by atoms with van der Waals surface area (Å²) in [6.07, 6.45) is 0.492. The number of hydrogen-bond acceptors (Lipinski definition) is 5. The van der Waals surface area contributed by atoms with Crippen LogP contribution in [0.5, 0.6) is 0 Å². The van der Waals surface area contributed by atoms with E-state index in [1.807, 2.05) is 0 Å². The fourth-order valence-corrected chi connectivity index (χ4v) is 3.69. The predicted molar refractivity (Wildman–Crippen MR) is 102 cm³/mol. The molecule has 0 bridgehead atoms. The van der Waals surface area contributed by atoms with E-state index >= 15 is 0 Å². The Bertz CT molecular complexity index is 794. The van der Waals surface area contributed by atoms with Crippen molar-refractivity contribution in [2.24, 2.45) is 5.92 Å². The average Bonchev–Trinajstić information content (AvgIpc) is 2.52. The predicted octanol–water partition coefficient (Wildman–Crippen LogP) is 4.34. The van der Waals surface area contributed by atoms with Crippen LogP contribution in [-0.4, -0.2) is 28.8 Å². The molecule has 0 fully saturated rings. The minimum absolute atomic E-state index is 0.148. The molecule has 1 aromatic rings. The van der Waals surface area contributed by atoms with Crippen LogP contribution < -0.4 is 0 Å². The van der Waals surface area contributed by atoms with Crippen LogP contribution in [0.15, 0.2) is 35.4 Å². The second kappa shape index (κ2) is 8.21. The Hall–Kier alpha value is -2.21. The fourth-order valence-electron chi connectivity index (χ4n) is 3.42. The van der Waals surface area contributed by atoms with Gasteiger partial charge in [-0.1, -0.05) is 35.4 Å². The summed E-state index contributed by atoms with van der Waals surface area (Å²) in [5, 5.41) is 11.6. The van der Waals surface area contributed by atoms with Crippen LogP contribution in [0, 0.1) is 16.0 Å². The summed E-state index contributed by atoms with van der Waals surface area (Å²) in [7, 11) is 0. The number of nitrogens with zero attached hydrogens (tertiary/aromatic N) is 1. The smallest absolute Gasteiger partial charge is 0.313 e. The first-order chi connectivity index (χ1) is 12.5. The number of carbonyl (C=O) groups is 2. The van der Waals surface area contributed by atoms with Gasteiger partial charge < -0.3 is 4.74 Å². The van der Waals surface area contributed by atoms with Crippen LogP contribution >= 0.6 is 11.6 Å². The van der Waals surface area contributed by atoms with E-state index in [9.17, 15) is 19.7 Å². The minimum atomic E-state index is -0.800. The van der Waals surface area contributed by atoms with Gasteiger partial charge in [0.2, 0.25) is 6.54 Å². The SMILES string of the molecule is CC1=C([C@@H](C[N+](=O)[O-])c2ccccc2Cl)C(=O)CC[C@H]1C(=O)OC(C)(C)C. The number of esters is 1. The molecule has 6 nitrogen and oxygen atoms in total. The van der Waals surface area contributed by atoms with Crippen LogP contribution in [-0.2, 0) is 14.3 Å². The summed E-state index contributed by atoms with van der Waals surface area (Å²) in [4.78, 5) is 36.1. The fraction of sp³-hybridized carbons (Fsp3) is 0.500. The topological polar surface area (TPSA) is 86.5 Å². The van der Waals surface area contributed by atoms with Crippen LogP contribution in [0.1, 0.15) is 52.0 Å². The Morgan fingerprint density at radius 1 is 1.37 bits per heavy atom. The molecular weight excluding hydrogens is 370 g/mol. The molecule has 0 unspecified atom stereocenters. The molecular formula is C20H24ClNO5. The van der Waals surface area contributed by atoms with Gasteiger partial charge in [-0.2, -0.15) is 0 Å². The quantitative estimate of drug-likeness (QED) is 0.422. The van der Waals surface area contributed by atoms with Gasteiger partial charge in [-0.15, -0.1) is 0 Å². The van der Waals surface area contributed by atoms with E-state index in [4.69, 9.17) is 16.3 Å². The van der Waals surface area contributed by atoms with Crippen LogP contribution in [0.25, 0.3) is 0 Å². The second-order valence-corrected chi connectivity index (χ2v) is 8.14. The highest BCUT2D eigenvalue weighted by molar-refractivity contribution is 6.31. The van der Waals surface area contributed by atoms with Gasteiger partial charge in [0.25, 0.3) is 0 Å². The molecule has 0 spiro atoms. The lowest BCUT2D eigenvalue weighted by atomic mass is 9.75. The molecule has 2 rings (SSSR count). The molecule has 1 aliphatic rings. The van der Waals surface area contributed by atoms with E-state index in [0.717, 1.165) is 0 Å². The van der Waals surface area contributed by atoms with Crippen molar-refractivity contribution in [2.45, 2.75) is 52.1 Å². The normalized spacial score (nSPS) is 19.0. The Kier molecular flexibility index (Phi) is 6.42. The van der Waals surface area contributed by atoms with Crippen LogP contribution in [0.2, 0.25) is 5.02 Å². The van der Waals surface area contributed by atoms with E-state index < -0.39 is 34.9 Å². The molecule has 0 N–H and O–H groups in total. The Morgan fingerprint density at radius 2 is 2.00 bits per heavy atom. The van der Waals surface area contributed by atoms with Gasteiger partial charge in [0, 0.05) is 21.9 Å². The molecule has 0 amide bonds. The summed E-state index contributed by atoms with van der Waals surface area (Å²) >= 11 is 6.26. The molecule has 0 saturated heterocycles. The van der Waals surface area contributed by atoms with Crippen molar-refractivity contribution in [2.75, 3.05) is 6.54 Å². The maximum Gasteiger partial charge on any atom is 0.313 e. The molecule has 0 aromatic heterocycles. The largest absolute Gasteiger partial charge is 0.460 e. The van der Waals surface area contributed by atoms with Gasteiger partial charge in [-0.3, -0.25) is 19.7 Å². The van der Waals surface area contributed by atoms with E-state index in [1.165, 1.54) is 0 Å². The van der Waals surface area contributed by atoms with Crippen LogP contribution in [0.4, 0.5) is 0 Å². The monoisotopic (exact) mass is 393 g/mol. The number of hydrogen-bond donors (Lipinski definition) is 0. The number of rotatable bonds is 5. The summed E-state index contributed by atoms with van der Waals surface area (Å²) < 4.78 is 5.48. The highest BCUT2D eigenvalue weighted by atomic mass is 35.5. The van der Waals surface area contributed by atoms with E-state index in [0.29, 0.717) is 28.2 Å². The molecule has 0 saturated carbocycles. The maximum atomic E-state index is 12.7. The summed E-state index contributed by atoms with van der Waals surface area (Å²) in [6.45, 7) is 6.54. The van der Waals surface area contributed by atoms with Gasteiger partial charge in [0.05, 0.1) is 11.8 Å². The number of halogens is 1. The third-order valence-electron chi connectivity index (χ3n) is 4.56. The standard InChI is InChI=1S/C20H24ClNO5/c1-12-13(19(24)27-20(2,3)4)9-10-17(23)18(12)15(11-22(25)26)14-7-5-6-8-16(14)21/h5-8,13,15H,9-11H2,1-4H3/t13-,15+/m1/s1. The lowest BCUT2D eigenvalue weighted by Gasteiger charge is -2.30. The third kappa shape index (κ3) is 5.16. The van der Waals surface area contributed by atoms with Gasteiger partial charge in [0.15, 0.2) is 5.78 Å². The van der Waals surface area contributed by atoms with Crippen molar-refractivity contribution in [3.05, 3.63) is 56.1 Å². The Morgan fingerprint density at radius 3 is 2.56 bits per heavy atom. The van der Waals surface area contributed by atoms with Gasteiger partial charge in [-0.25, -0.2) is 0 Å². The molecule has 0 heterocycles. The first-order valence-corrected chi connectivity index (χ1v) is 9.22. The van der Waals surface area contributed by atoms with Gasteiger partial charge in [0.1, 0.15) is 5.60 Å². The zero-order valence-electron chi connectivity index (χ0n) is 16.0. The Labute approximate surface area is 163 Å². The molecule has 0 radical (unpaired) electrons. The molecule has 146 valence electrons. The summed E-state index contributed by atoms with van der Waals surface area (Å²) in [6, 6.07) is 6.77. The number of nitro groups is 1. The van der Waals surface area contributed by atoms with E-state index in [2.05, 4.69) is 0 Å². The van der Waals surface area contributed by atoms with Crippen molar-refractivity contribution in [1.29, 1.82) is 0 Å². The van der Waals surface area contributed by atoms with E-state index in [-0.39, 0.29) is 12.2 Å². The first-order valence-electron chi connectivity index (χ1n) is 8.84. The number of carbonyl (C=O) groups excluding carboxylic acids is 2. The summed E-state index contributed by atoms with van der Waals surface area (Å²) in [5.41, 5.74) is 0.708. The third-order valence-corrected chi connectivity index (χ3v) is 4.90. The van der Waals surface area contributed by atoms with Crippen molar-refractivity contribution in [3.8, 4) is 0 Å². The van der Waals surface area contributed by atoms with E-state index in [1.54, 1.807) is 52.0 Å². The van der Waals surface area contributed by atoms with Crippen molar-refractivity contribution in [3.63, 3.8) is 0 Å². The van der Waals surface area contributed by atoms with Crippen molar-refractivity contribution in [1.82, 2.24) is 0 Å². The average molecular weight is 394 g/mol. The molecule has 2 atom stereocenters. The molecule has 7 heteroatoms. The van der Waals surface area contributed by atoms with Crippen molar-refractivity contribution >= 4 is 23.4 Å². The lowest BCUT2D eigenvalue weighted by Crippen LogP contribution is -2.34. The number of ether oxygens (including phenoxy) is 1. The second-order valence-electron chi connectivity index (χ2n) is 7.73. The lowest BCUT2D eigenvalue weighted by molar-refractivity contribution is -0.481. The first kappa shape index (κ1) is 21.1. The molecule has 1 aliphatic carbocycles. The van der Waals surface area contributed by atoms with Gasteiger partial charge >= 0.3 is 5.97 Å². The number of benzene rings is 1. The van der Waals surface area contributed by atoms with Gasteiger partial charge in [-0.05, 0) is 45.7 Å². The summed E-state index contributed by atoms with van der Waals surface area (Å²) in [5.74, 6) is -1.98. The van der Waals surface area contributed by atoms with Crippen molar-refractivity contribution < 1.29 is 19.2 Å². The zero-order chi connectivity index (χ0) is 20.4. The highest BCUT2D eigenvalue weighted by Gasteiger charge is 2.38. The molecule has 27 heavy (non-hydrogen) atoms. The van der Waals surface area contributed by atoms with Crippen LogP contribution in [0.3, 0.4) is 0 Å². The maximum absolute atomic E-state index is 12.7.